The molecule has 3 N–H and O–H groups in total. The molecular weight excluding hydrogens is 337 g/mol. The molecule has 5 nitrogen and oxygen atoms in total. The molecule has 0 saturated carbocycles. The van der Waals surface area contributed by atoms with E-state index in [1.165, 1.54) is 10.6 Å². The van der Waals surface area contributed by atoms with Crippen molar-refractivity contribution in [1.29, 1.82) is 0 Å². The lowest BCUT2D eigenvalue weighted by Gasteiger charge is -2.11. The summed E-state index contributed by atoms with van der Waals surface area (Å²) in [7, 11) is 0. The minimum Gasteiger partial charge on any atom is -0.383 e. The van der Waals surface area contributed by atoms with Gasteiger partial charge in [-0.3, -0.25) is 9.36 Å². The van der Waals surface area contributed by atoms with Crippen molar-refractivity contribution in [2.45, 2.75) is 18.9 Å². The van der Waals surface area contributed by atoms with Gasteiger partial charge in [0, 0.05) is 13.2 Å². The zero-order valence-electron chi connectivity index (χ0n) is 12.3. The first-order valence-electron chi connectivity index (χ1n) is 7.24. The van der Waals surface area contributed by atoms with Gasteiger partial charge >= 0.3 is 0 Å². The maximum absolute atomic E-state index is 14.0. The quantitative estimate of drug-likeness (QED) is 0.830. The summed E-state index contributed by atoms with van der Waals surface area (Å²) in [5, 5.41) is 2.80. The van der Waals surface area contributed by atoms with Crippen LogP contribution in [0.25, 0.3) is 5.69 Å². The van der Waals surface area contributed by atoms with Crippen LogP contribution < -0.4 is 11.1 Å². The highest BCUT2D eigenvalue weighted by atomic mass is 32.1. The third-order valence-electron chi connectivity index (χ3n) is 3.66. The number of carbonyl (C=O) groups is 1. The molecule has 1 aromatic carbocycles. The van der Waals surface area contributed by atoms with E-state index >= 15 is 0 Å². The lowest BCUT2D eigenvalue weighted by atomic mass is 10.2. The summed E-state index contributed by atoms with van der Waals surface area (Å²) >= 11 is 6.31. The Kier molecular flexibility index (Phi) is 4.74. The van der Waals surface area contributed by atoms with Gasteiger partial charge in [0.25, 0.3) is 5.91 Å². The van der Waals surface area contributed by atoms with Gasteiger partial charge in [-0.15, -0.1) is 0 Å². The molecule has 1 fully saturated rings. The minimum atomic E-state index is -0.445. The number of hydrogen-bond acceptors (Lipinski definition) is 5. The van der Waals surface area contributed by atoms with E-state index in [0.717, 1.165) is 30.8 Å². The third kappa shape index (κ3) is 3.29. The highest BCUT2D eigenvalue weighted by Gasteiger charge is 2.21. The van der Waals surface area contributed by atoms with Crippen LogP contribution in [0.4, 0.5) is 10.2 Å². The van der Waals surface area contributed by atoms with Gasteiger partial charge in [-0.1, -0.05) is 23.5 Å². The summed E-state index contributed by atoms with van der Waals surface area (Å²) < 4.78 is 21.1. The lowest BCUT2D eigenvalue weighted by Crippen LogP contribution is -2.31. The molecule has 2 heterocycles. The van der Waals surface area contributed by atoms with Crippen molar-refractivity contribution in [2.24, 2.45) is 0 Å². The van der Waals surface area contributed by atoms with E-state index in [1.54, 1.807) is 18.2 Å². The van der Waals surface area contributed by atoms with E-state index in [0.29, 0.717) is 10.5 Å². The number of para-hydroxylation sites is 1. The molecule has 0 spiro atoms. The summed E-state index contributed by atoms with van der Waals surface area (Å²) in [6, 6.07) is 6.17. The Labute approximate surface area is 141 Å². The van der Waals surface area contributed by atoms with Gasteiger partial charge in [0.2, 0.25) is 0 Å². The molecule has 1 aromatic heterocycles. The van der Waals surface area contributed by atoms with Crippen molar-refractivity contribution in [3.8, 4) is 5.69 Å². The largest absolute Gasteiger partial charge is 0.383 e. The van der Waals surface area contributed by atoms with Crippen LogP contribution in [-0.4, -0.2) is 29.7 Å². The Morgan fingerprint density at radius 2 is 2.30 bits per heavy atom. The Morgan fingerprint density at radius 1 is 1.52 bits per heavy atom. The fourth-order valence-corrected chi connectivity index (χ4v) is 3.77. The standard InChI is InChI=1S/C15H16FN3O2S2/c16-10-5-1-2-6-11(10)19-13(17)12(23-15(19)22)14(20)18-8-9-4-3-7-21-9/h1-2,5-6,9H,3-4,7-8,17H2,(H,18,20)/t9-/m0/s1. The Hall–Kier alpha value is -1.77. The highest BCUT2D eigenvalue weighted by Crippen LogP contribution is 2.27. The number of carbonyl (C=O) groups excluding carboxylic acids is 1. The fourth-order valence-electron chi connectivity index (χ4n) is 2.50. The van der Waals surface area contributed by atoms with Crippen molar-refractivity contribution in [3.05, 3.63) is 38.9 Å². The smallest absolute Gasteiger partial charge is 0.265 e. The number of aromatic nitrogens is 1. The molecule has 2 aromatic rings. The average Bonchev–Trinajstić information content (AvgIpc) is 3.14. The minimum absolute atomic E-state index is 0.0433. The maximum Gasteiger partial charge on any atom is 0.265 e. The first-order valence-corrected chi connectivity index (χ1v) is 8.46. The van der Waals surface area contributed by atoms with Crippen molar-refractivity contribution in [3.63, 3.8) is 0 Å². The number of halogens is 1. The van der Waals surface area contributed by atoms with E-state index < -0.39 is 5.82 Å². The number of rotatable bonds is 4. The average molecular weight is 353 g/mol. The van der Waals surface area contributed by atoms with Crippen molar-refractivity contribution in [2.75, 3.05) is 18.9 Å². The van der Waals surface area contributed by atoms with E-state index in [2.05, 4.69) is 5.32 Å². The first-order chi connectivity index (χ1) is 11.1. The number of anilines is 1. The van der Waals surface area contributed by atoms with Gasteiger partial charge in [-0.05, 0) is 37.2 Å². The summed E-state index contributed by atoms with van der Waals surface area (Å²) in [5.74, 6) is -0.612. The number of ether oxygens (including phenoxy) is 1. The lowest BCUT2D eigenvalue weighted by molar-refractivity contribution is 0.0861. The van der Waals surface area contributed by atoms with Gasteiger partial charge in [0.1, 0.15) is 16.5 Å². The van der Waals surface area contributed by atoms with E-state index in [1.807, 2.05) is 0 Å². The van der Waals surface area contributed by atoms with Gasteiger partial charge in [-0.25, -0.2) is 4.39 Å². The number of hydrogen-bond donors (Lipinski definition) is 2. The van der Waals surface area contributed by atoms with Crippen molar-refractivity contribution in [1.82, 2.24) is 9.88 Å². The molecule has 23 heavy (non-hydrogen) atoms. The summed E-state index contributed by atoms with van der Waals surface area (Å²) in [4.78, 5) is 12.6. The number of nitrogens with two attached hydrogens (primary N) is 1. The Bertz CT molecular complexity index is 781. The summed E-state index contributed by atoms with van der Waals surface area (Å²) in [5.41, 5.74) is 6.28. The molecule has 8 heteroatoms. The third-order valence-corrected chi connectivity index (χ3v) is 5.05. The van der Waals surface area contributed by atoms with Crippen LogP contribution >= 0.6 is 23.6 Å². The summed E-state index contributed by atoms with van der Waals surface area (Å²) in [6.07, 6.45) is 1.98. The zero-order valence-corrected chi connectivity index (χ0v) is 13.9. The second-order valence-electron chi connectivity index (χ2n) is 5.21. The van der Waals surface area contributed by atoms with Gasteiger partial charge in [0.15, 0.2) is 3.95 Å². The second-order valence-corrected chi connectivity index (χ2v) is 6.86. The van der Waals surface area contributed by atoms with E-state index in [9.17, 15) is 9.18 Å². The Balaban J connectivity index is 1.84. The molecule has 0 aliphatic carbocycles. The predicted octanol–water partition coefficient (Wildman–Crippen LogP) is 2.90. The molecule has 1 saturated heterocycles. The van der Waals surface area contributed by atoms with Crippen LogP contribution in [0, 0.1) is 9.77 Å². The van der Waals surface area contributed by atoms with Crippen molar-refractivity contribution >= 4 is 35.3 Å². The van der Waals surface area contributed by atoms with Crippen LogP contribution in [0.1, 0.15) is 22.5 Å². The number of amides is 1. The number of nitrogens with zero attached hydrogens (tertiary/aromatic N) is 1. The molecule has 0 unspecified atom stereocenters. The number of nitrogen functional groups attached to an aromatic ring is 1. The zero-order chi connectivity index (χ0) is 16.4. The fraction of sp³-hybridized carbons (Fsp3) is 0.333. The van der Waals surface area contributed by atoms with Gasteiger partial charge in [-0.2, -0.15) is 0 Å². The highest BCUT2D eigenvalue weighted by molar-refractivity contribution is 7.73. The van der Waals surface area contributed by atoms with E-state index in [-0.39, 0.29) is 28.4 Å². The normalized spacial score (nSPS) is 17.3. The van der Waals surface area contributed by atoms with Crippen LogP contribution in [-0.2, 0) is 4.74 Å². The molecule has 3 rings (SSSR count). The molecule has 1 aliphatic rings. The Morgan fingerprint density at radius 3 is 3.00 bits per heavy atom. The van der Waals surface area contributed by atoms with Crippen LogP contribution in [0.2, 0.25) is 0 Å². The molecule has 1 aliphatic heterocycles. The van der Waals surface area contributed by atoms with Crippen LogP contribution in [0.15, 0.2) is 24.3 Å². The molecule has 1 amide bonds. The molecule has 0 bridgehead atoms. The number of nitrogens with one attached hydrogen (secondary N) is 1. The predicted molar refractivity (Wildman–Crippen MR) is 90.2 cm³/mol. The summed E-state index contributed by atoms with van der Waals surface area (Å²) in [6.45, 7) is 1.16. The second kappa shape index (κ2) is 6.77. The van der Waals surface area contributed by atoms with Crippen LogP contribution in [0.3, 0.4) is 0 Å². The maximum atomic E-state index is 14.0. The molecular formula is C15H16FN3O2S2. The van der Waals surface area contributed by atoms with E-state index in [4.69, 9.17) is 22.7 Å². The molecule has 1 atom stereocenters. The monoisotopic (exact) mass is 353 g/mol. The number of thiazole rings is 1. The number of benzene rings is 1. The van der Waals surface area contributed by atoms with Crippen LogP contribution in [0.5, 0.6) is 0 Å². The first kappa shape index (κ1) is 16.1. The molecule has 122 valence electrons. The molecule has 0 radical (unpaired) electrons. The van der Waals surface area contributed by atoms with Gasteiger partial charge < -0.3 is 15.8 Å². The topological polar surface area (TPSA) is 69.3 Å². The van der Waals surface area contributed by atoms with Gasteiger partial charge in [0.05, 0.1) is 11.8 Å². The SMILES string of the molecule is Nc1c(C(=O)NC[C@@H]2CCCO2)sc(=S)n1-c1ccccc1F. The van der Waals surface area contributed by atoms with Crippen molar-refractivity contribution < 1.29 is 13.9 Å².